The first-order chi connectivity index (χ1) is 13.7. The zero-order valence-corrected chi connectivity index (χ0v) is 16.3. The number of carbonyl (C=O) groups excluding carboxylic acids is 2. The van der Waals surface area contributed by atoms with Gasteiger partial charge in [-0.05, 0) is 59.8 Å². The van der Waals surface area contributed by atoms with Crippen LogP contribution < -0.4 is 10.1 Å². The summed E-state index contributed by atoms with van der Waals surface area (Å²) < 4.78 is 5.12. The molecule has 0 spiro atoms. The fraction of sp³-hybridized carbons (Fsp3) is 0.182. The molecule has 0 bridgehead atoms. The monoisotopic (exact) mass is 392 g/mol. The number of nitrogens with one attached hydrogen (secondary N) is 1. The smallest absolute Gasteiger partial charge is 0.256 e. The van der Waals surface area contributed by atoms with Gasteiger partial charge in [-0.15, -0.1) is 11.3 Å². The van der Waals surface area contributed by atoms with Gasteiger partial charge in [-0.1, -0.05) is 12.1 Å². The fourth-order valence-corrected chi connectivity index (χ4v) is 4.20. The van der Waals surface area contributed by atoms with Crippen LogP contribution in [0.5, 0.6) is 5.75 Å². The van der Waals surface area contributed by atoms with Crippen LogP contribution in [0.4, 0.5) is 5.69 Å². The van der Waals surface area contributed by atoms with Crippen molar-refractivity contribution >= 4 is 28.8 Å². The number of hydrogen-bond donors (Lipinski definition) is 1. The Kier molecular flexibility index (Phi) is 5.12. The number of fused-ring (bicyclic) bond motifs is 1. The highest BCUT2D eigenvalue weighted by Crippen LogP contribution is 2.27. The summed E-state index contributed by atoms with van der Waals surface area (Å²) in [5.74, 6) is 0.356. The second-order valence-electron chi connectivity index (χ2n) is 6.57. The molecule has 1 aliphatic heterocycles. The molecule has 3 aromatic rings. The van der Waals surface area contributed by atoms with Gasteiger partial charge in [0.1, 0.15) is 5.75 Å². The normalized spacial score (nSPS) is 13.0. The lowest BCUT2D eigenvalue weighted by molar-refractivity contribution is 0.0737. The number of amides is 2. The molecule has 0 saturated heterocycles. The van der Waals surface area contributed by atoms with Crippen LogP contribution in [0.25, 0.3) is 0 Å². The molecular formula is C22H20N2O3S. The largest absolute Gasteiger partial charge is 0.497 e. The first-order valence-corrected chi connectivity index (χ1v) is 9.92. The summed E-state index contributed by atoms with van der Waals surface area (Å²) >= 11 is 1.74. The van der Waals surface area contributed by atoms with Crippen LogP contribution in [-0.4, -0.2) is 30.4 Å². The summed E-state index contributed by atoms with van der Waals surface area (Å²) in [6.45, 7) is 1.30. The van der Waals surface area contributed by atoms with Gasteiger partial charge in [-0.3, -0.25) is 9.59 Å². The van der Waals surface area contributed by atoms with Gasteiger partial charge in [0.05, 0.1) is 18.4 Å². The topological polar surface area (TPSA) is 58.6 Å². The average molecular weight is 392 g/mol. The summed E-state index contributed by atoms with van der Waals surface area (Å²) in [7, 11) is 1.58. The second-order valence-corrected chi connectivity index (χ2v) is 7.57. The molecule has 0 unspecified atom stereocenters. The molecule has 0 radical (unpaired) electrons. The minimum absolute atomic E-state index is 0.0671. The van der Waals surface area contributed by atoms with Crippen LogP contribution in [-0.2, 0) is 13.0 Å². The maximum Gasteiger partial charge on any atom is 0.256 e. The maximum absolute atomic E-state index is 13.1. The second kappa shape index (κ2) is 7.86. The number of thiophene rings is 1. The Labute approximate surface area is 167 Å². The van der Waals surface area contributed by atoms with Crippen molar-refractivity contribution in [1.82, 2.24) is 4.90 Å². The summed E-state index contributed by atoms with van der Waals surface area (Å²) in [6.07, 6.45) is 0.874. The summed E-state index contributed by atoms with van der Waals surface area (Å²) in [5.41, 5.74) is 2.74. The molecule has 4 rings (SSSR count). The number of hydrogen-bond acceptors (Lipinski definition) is 4. The summed E-state index contributed by atoms with van der Waals surface area (Å²) in [6, 6.07) is 16.1. The van der Waals surface area contributed by atoms with E-state index in [1.54, 1.807) is 54.8 Å². The third-order valence-corrected chi connectivity index (χ3v) is 5.88. The molecular weight excluding hydrogens is 372 g/mol. The Bertz CT molecular complexity index is 1010. The minimum Gasteiger partial charge on any atom is -0.497 e. The summed E-state index contributed by atoms with van der Waals surface area (Å²) in [4.78, 5) is 28.9. The first-order valence-electron chi connectivity index (χ1n) is 9.04. The van der Waals surface area contributed by atoms with Crippen LogP contribution >= 0.6 is 11.3 Å². The first kappa shape index (κ1) is 18.3. The van der Waals surface area contributed by atoms with Gasteiger partial charge < -0.3 is 15.0 Å². The lowest BCUT2D eigenvalue weighted by Crippen LogP contribution is -2.35. The van der Waals surface area contributed by atoms with E-state index in [0.29, 0.717) is 35.7 Å². The number of anilines is 1. The van der Waals surface area contributed by atoms with E-state index in [1.807, 2.05) is 17.0 Å². The maximum atomic E-state index is 13.1. The molecule has 0 atom stereocenters. The van der Waals surface area contributed by atoms with Crippen LogP contribution in [0.15, 0.2) is 60.0 Å². The molecule has 28 heavy (non-hydrogen) atoms. The average Bonchev–Trinajstić information content (AvgIpc) is 3.21. The molecule has 1 N–H and O–H groups in total. The van der Waals surface area contributed by atoms with Crippen LogP contribution in [0.2, 0.25) is 0 Å². The van der Waals surface area contributed by atoms with Crippen molar-refractivity contribution in [2.24, 2.45) is 0 Å². The van der Waals surface area contributed by atoms with E-state index in [2.05, 4.69) is 16.8 Å². The number of carbonyl (C=O) groups is 2. The van der Waals surface area contributed by atoms with Gasteiger partial charge in [-0.25, -0.2) is 0 Å². The Morgan fingerprint density at radius 2 is 1.86 bits per heavy atom. The van der Waals surface area contributed by atoms with E-state index in [0.717, 1.165) is 6.42 Å². The van der Waals surface area contributed by atoms with Gasteiger partial charge in [0.15, 0.2) is 0 Å². The highest BCUT2D eigenvalue weighted by molar-refractivity contribution is 7.10. The molecule has 0 fully saturated rings. The number of benzene rings is 2. The van der Waals surface area contributed by atoms with Crippen molar-refractivity contribution in [1.29, 1.82) is 0 Å². The molecule has 2 heterocycles. The standard InChI is InChI=1S/C22H20N2O3S/c1-27-17-8-6-15(7-9-17)21(25)23-19-5-3-2-4-18(19)22(26)24-12-10-20-16(14-24)11-13-28-20/h2-9,11,13H,10,12,14H2,1H3,(H,23,25). The minimum atomic E-state index is -0.262. The zero-order chi connectivity index (χ0) is 19.5. The highest BCUT2D eigenvalue weighted by Gasteiger charge is 2.24. The number of para-hydroxylation sites is 1. The van der Waals surface area contributed by atoms with Crippen molar-refractivity contribution in [2.75, 3.05) is 19.0 Å². The Morgan fingerprint density at radius 1 is 1.07 bits per heavy atom. The van der Waals surface area contributed by atoms with Crippen LogP contribution in [0, 0.1) is 0 Å². The molecule has 1 aliphatic rings. The van der Waals surface area contributed by atoms with E-state index >= 15 is 0 Å². The molecule has 0 saturated carbocycles. The van der Waals surface area contributed by atoms with Crippen LogP contribution in [0.1, 0.15) is 31.2 Å². The number of rotatable bonds is 4. The van der Waals surface area contributed by atoms with Crippen molar-refractivity contribution in [3.63, 3.8) is 0 Å². The fourth-order valence-electron chi connectivity index (χ4n) is 3.31. The van der Waals surface area contributed by atoms with Gasteiger partial charge in [0.25, 0.3) is 11.8 Å². The Morgan fingerprint density at radius 3 is 2.64 bits per heavy atom. The molecule has 142 valence electrons. The predicted molar refractivity (Wildman–Crippen MR) is 110 cm³/mol. The van der Waals surface area contributed by atoms with Crippen molar-refractivity contribution < 1.29 is 14.3 Å². The quantitative estimate of drug-likeness (QED) is 0.724. The van der Waals surface area contributed by atoms with Gasteiger partial charge in [-0.2, -0.15) is 0 Å². The third-order valence-electron chi connectivity index (χ3n) is 4.85. The molecule has 2 amide bonds. The Hall–Kier alpha value is -3.12. The van der Waals surface area contributed by atoms with E-state index in [1.165, 1.54) is 10.4 Å². The molecule has 1 aromatic heterocycles. The highest BCUT2D eigenvalue weighted by atomic mass is 32.1. The van der Waals surface area contributed by atoms with E-state index in [9.17, 15) is 9.59 Å². The van der Waals surface area contributed by atoms with Gasteiger partial charge >= 0.3 is 0 Å². The molecule has 0 aliphatic carbocycles. The van der Waals surface area contributed by atoms with E-state index in [4.69, 9.17) is 4.74 Å². The molecule has 5 nitrogen and oxygen atoms in total. The van der Waals surface area contributed by atoms with Crippen molar-refractivity contribution in [2.45, 2.75) is 13.0 Å². The predicted octanol–water partition coefficient (Wildman–Crippen LogP) is 4.21. The zero-order valence-electron chi connectivity index (χ0n) is 15.5. The van der Waals surface area contributed by atoms with Crippen molar-refractivity contribution in [3.05, 3.63) is 81.5 Å². The van der Waals surface area contributed by atoms with Crippen LogP contribution in [0.3, 0.4) is 0 Å². The van der Waals surface area contributed by atoms with Gasteiger partial charge in [0.2, 0.25) is 0 Å². The van der Waals surface area contributed by atoms with Crippen molar-refractivity contribution in [3.8, 4) is 5.75 Å². The lowest BCUT2D eigenvalue weighted by Gasteiger charge is -2.27. The summed E-state index contributed by atoms with van der Waals surface area (Å²) in [5, 5.41) is 4.94. The van der Waals surface area contributed by atoms with E-state index < -0.39 is 0 Å². The molecule has 6 heteroatoms. The Balaban J connectivity index is 1.53. The molecule has 2 aromatic carbocycles. The van der Waals surface area contributed by atoms with Gasteiger partial charge in [0, 0.05) is 23.5 Å². The number of nitrogens with zero attached hydrogens (tertiary/aromatic N) is 1. The number of methoxy groups -OCH3 is 1. The third kappa shape index (κ3) is 3.64. The lowest BCUT2D eigenvalue weighted by atomic mass is 10.1. The number of ether oxygens (including phenoxy) is 1. The SMILES string of the molecule is COc1ccc(C(=O)Nc2ccccc2C(=O)N2CCc3sccc3C2)cc1. The van der Waals surface area contributed by atoms with E-state index in [-0.39, 0.29) is 11.8 Å².